The zero-order valence-corrected chi connectivity index (χ0v) is 13.4. The molecule has 3 nitrogen and oxygen atoms in total. The Labute approximate surface area is 134 Å². The lowest BCUT2D eigenvalue weighted by molar-refractivity contribution is -0.114. The quantitative estimate of drug-likeness (QED) is 0.906. The maximum absolute atomic E-state index is 12.1. The molecule has 0 bridgehead atoms. The lowest BCUT2D eigenvalue weighted by Crippen LogP contribution is -2.30. The molecular weight excluding hydrogens is 307 g/mol. The molecule has 21 heavy (non-hydrogen) atoms. The van der Waals surface area contributed by atoms with Crippen LogP contribution in [0.2, 0.25) is 10.0 Å². The lowest BCUT2D eigenvalue weighted by Gasteiger charge is -2.19. The molecule has 0 aromatic heterocycles. The average molecular weight is 323 g/mol. The second-order valence-corrected chi connectivity index (χ2v) is 5.58. The van der Waals surface area contributed by atoms with Gasteiger partial charge in [0, 0.05) is 12.7 Å². The van der Waals surface area contributed by atoms with E-state index in [-0.39, 0.29) is 12.5 Å². The van der Waals surface area contributed by atoms with Crippen molar-refractivity contribution in [3.05, 3.63) is 58.1 Å². The first-order chi connectivity index (χ1) is 9.99. The van der Waals surface area contributed by atoms with Gasteiger partial charge in [0.05, 0.1) is 22.3 Å². The molecule has 0 spiro atoms. The molecule has 5 heteroatoms. The molecule has 2 aromatic rings. The van der Waals surface area contributed by atoms with Gasteiger partial charge in [0.2, 0.25) is 5.91 Å². The van der Waals surface area contributed by atoms with Crippen LogP contribution in [0.3, 0.4) is 0 Å². The van der Waals surface area contributed by atoms with Crippen molar-refractivity contribution in [1.29, 1.82) is 0 Å². The van der Waals surface area contributed by atoms with Crippen LogP contribution >= 0.6 is 23.2 Å². The Morgan fingerprint density at radius 1 is 1.14 bits per heavy atom. The van der Waals surface area contributed by atoms with Crippen molar-refractivity contribution in [2.45, 2.75) is 6.92 Å². The fraction of sp³-hybridized carbons (Fsp3) is 0.188. The third-order valence-corrected chi connectivity index (χ3v) is 3.93. The van der Waals surface area contributed by atoms with Crippen LogP contribution in [0, 0.1) is 6.92 Å². The van der Waals surface area contributed by atoms with Gasteiger partial charge in [0.1, 0.15) is 0 Å². The van der Waals surface area contributed by atoms with Crippen molar-refractivity contribution in [2.75, 3.05) is 23.8 Å². The smallest absolute Gasteiger partial charge is 0.243 e. The monoisotopic (exact) mass is 322 g/mol. The first kappa shape index (κ1) is 15.7. The predicted octanol–water partition coefficient (Wildman–Crippen LogP) is 4.38. The molecule has 1 N–H and O–H groups in total. The highest BCUT2D eigenvalue weighted by atomic mass is 35.5. The summed E-state index contributed by atoms with van der Waals surface area (Å²) in [6.45, 7) is 2.08. The second kappa shape index (κ2) is 6.83. The van der Waals surface area contributed by atoms with Gasteiger partial charge in [-0.25, -0.2) is 0 Å². The predicted molar refractivity (Wildman–Crippen MR) is 89.5 cm³/mol. The number of aryl methyl sites for hydroxylation is 1. The largest absolute Gasteiger partial charge is 0.365 e. The number of amides is 1. The molecule has 2 rings (SSSR count). The number of hydrogen-bond donors (Lipinski definition) is 1. The molecule has 2 aromatic carbocycles. The molecule has 1 amide bonds. The molecule has 0 saturated carbocycles. The Bertz CT molecular complexity index is 644. The number of likely N-dealkylation sites (N-methyl/N-ethyl adjacent to an activating group) is 1. The van der Waals surface area contributed by atoms with Crippen LogP contribution < -0.4 is 10.2 Å². The molecule has 0 atom stereocenters. The minimum atomic E-state index is -0.171. The van der Waals surface area contributed by atoms with Gasteiger partial charge in [-0.3, -0.25) is 4.79 Å². The van der Waals surface area contributed by atoms with Crippen LogP contribution in [0.15, 0.2) is 42.5 Å². The molecule has 0 radical (unpaired) electrons. The SMILES string of the molecule is Cc1ccc(Cl)c(NC(=O)CN(C)c2ccccc2)c1Cl. The molecule has 110 valence electrons. The summed E-state index contributed by atoms with van der Waals surface area (Å²) in [4.78, 5) is 14.0. The van der Waals surface area contributed by atoms with E-state index in [9.17, 15) is 4.79 Å². The highest BCUT2D eigenvalue weighted by Gasteiger charge is 2.13. The van der Waals surface area contributed by atoms with Crippen molar-refractivity contribution < 1.29 is 4.79 Å². The van der Waals surface area contributed by atoms with E-state index in [4.69, 9.17) is 23.2 Å². The number of carbonyl (C=O) groups excluding carboxylic acids is 1. The summed E-state index contributed by atoms with van der Waals surface area (Å²) < 4.78 is 0. The number of para-hydroxylation sites is 1. The fourth-order valence-electron chi connectivity index (χ4n) is 1.94. The molecule has 0 aliphatic heterocycles. The van der Waals surface area contributed by atoms with E-state index >= 15 is 0 Å². The molecular formula is C16H16Cl2N2O. The van der Waals surface area contributed by atoms with E-state index < -0.39 is 0 Å². The van der Waals surface area contributed by atoms with Gasteiger partial charge >= 0.3 is 0 Å². The van der Waals surface area contributed by atoms with E-state index in [1.54, 1.807) is 6.07 Å². The number of benzene rings is 2. The summed E-state index contributed by atoms with van der Waals surface area (Å²) in [5.41, 5.74) is 2.30. The minimum Gasteiger partial charge on any atom is -0.365 e. The topological polar surface area (TPSA) is 32.3 Å². The van der Waals surface area contributed by atoms with Crippen molar-refractivity contribution in [1.82, 2.24) is 0 Å². The standard InChI is InChI=1S/C16H16Cl2N2O/c1-11-8-9-13(17)16(15(11)18)19-14(21)10-20(2)12-6-4-3-5-7-12/h3-9H,10H2,1-2H3,(H,19,21). The number of anilines is 2. The first-order valence-corrected chi connectivity index (χ1v) is 7.25. The van der Waals surface area contributed by atoms with Crippen LogP contribution in [0.5, 0.6) is 0 Å². The fourth-order valence-corrected chi connectivity index (χ4v) is 2.40. The molecule has 0 fully saturated rings. The van der Waals surface area contributed by atoms with Crippen LogP contribution in [0.1, 0.15) is 5.56 Å². The second-order valence-electron chi connectivity index (χ2n) is 4.79. The molecule has 0 heterocycles. The number of hydrogen-bond acceptors (Lipinski definition) is 2. The number of carbonyl (C=O) groups is 1. The zero-order valence-electron chi connectivity index (χ0n) is 11.9. The van der Waals surface area contributed by atoms with Gasteiger partial charge < -0.3 is 10.2 Å². The number of halogens is 2. The van der Waals surface area contributed by atoms with Gasteiger partial charge in [-0.15, -0.1) is 0 Å². The number of nitrogens with one attached hydrogen (secondary N) is 1. The lowest BCUT2D eigenvalue weighted by atomic mass is 10.2. The highest BCUT2D eigenvalue weighted by molar-refractivity contribution is 6.40. The van der Waals surface area contributed by atoms with Crippen LogP contribution in [-0.2, 0) is 4.79 Å². The molecule has 0 aliphatic carbocycles. The van der Waals surface area contributed by atoms with Crippen molar-refractivity contribution in [3.63, 3.8) is 0 Å². The summed E-state index contributed by atoms with van der Waals surface area (Å²) in [7, 11) is 1.86. The van der Waals surface area contributed by atoms with Crippen molar-refractivity contribution in [3.8, 4) is 0 Å². The normalized spacial score (nSPS) is 10.3. The Kier molecular flexibility index (Phi) is 5.10. The van der Waals surface area contributed by atoms with E-state index in [2.05, 4.69) is 5.32 Å². The summed E-state index contributed by atoms with van der Waals surface area (Å²) in [5, 5.41) is 3.68. The van der Waals surface area contributed by atoms with E-state index in [1.165, 1.54) is 0 Å². The summed E-state index contributed by atoms with van der Waals surface area (Å²) in [6, 6.07) is 13.2. The first-order valence-electron chi connectivity index (χ1n) is 6.49. The summed E-state index contributed by atoms with van der Waals surface area (Å²) in [5.74, 6) is -0.171. The van der Waals surface area contributed by atoms with Gasteiger partial charge in [0.25, 0.3) is 0 Å². The van der Waals surface area contributed by atoms with E-state index in [0.717, 1.165) is 11.3 Å². The molecule has 0 saturated heterocycles. The molecule has 0 unspecified atom stereocenters. The van der Waals surface area contributed by atoms with Gasteiger partial charge in [-0.05, 0) is 30.7 Å². The Morgan fingerprint density at radius 2 is 1.81 bits per heavy atom. The number of nitrogens with zero attached hydrogens (tertiary/aromatic N) is 1. The maximum Gasteiger partial charge on any atom is 0.243 e. The summed E-state index contributed by atoms with van der Waals surface area (Å²) >= 11 is 12.3. The van der Waals surface area contributed by atoms with Gasteiger partial charge in [0.15, 0.2) is 0 Å². The Balaban J connectivity index is 2.08. The van der Waals surface area contributed by atoms with Crippen molar-refractivity contribution >= 4 is 40.5 Å². The average Bonchev–Trinajstić information content (AvgIpc) is 2.48. The number of rotatable bonds is 4. The van der Waals surface area contributed by atoms with Gasteiger partial charge in [-0.1, -0.05) is 47.5 Å². The third kappa shape index (κ3) is 3.90. The van der Waals surface area contributed by atoms with E-state index in [0.29, 0.717) is 15.7 Å². The van der Waals surface area contributed by atoms with E-state index in [1.807, 2.05) is 55.3 Å². The highest BCUT2D eigenvalue weighted by Crippen LogP contribution is 2.32. The third-order valence-electron chi connectivity index (χ3n) is 3.13. The minimum absolute atomic E-state index is 0.171. The summed E-state index contributed by atoms with van der Waals surface area (Å²) in [6.07, 6.45) is 0. The molecule has 0 aliphatic rings. The van der Waals surface area contributed by atoms with Gasteiger partial charge in [-0.2, -0.15) is 0 Å². The zero-order chi connectivity index (χ0) is 15.4. The van der Waals surface area contributed by atoms with Crippen LogP contribution in [0.4, 0.5) is 11.4 Å². The van der Waals surface area contributed by atoms with Crippen molar-refractivity contribution in [2.24, 2.45) is 0 Å². The van der Waals surface area contributed by atoms with Crippen LogP contribution in [-0.4, -0.2) is 19.5 Å². The maximum atomic E-state index is 12.1. The van der Waals surface area contributed by atoms with Crippen LogP contribution in [0.25, 0.3) is 0 Å². The Morgan fingerprint density at radius 3 is 2.48 bits per heavy atom. The Hall–Kier alpha value is -1.71.